The van der Waals surface area contributed by atoms with E-state index >= 15 is 0 Å². The number of hydrogen-bond donors (Lipinski definition) is 1. The fraction of sp³-hybridized carbons (Fsp3) is 1.00. The maximum absolute atomic E-state index is 12.6. The molecule has 0 bridgehead atoms. The molecule has 9 heteroatoms. The van der Waals surface area contributed by atoms with Gasteiger partial charge in [-0.15, -0.1) is 0 Å². The first-order valence-electron chi connectivity index (χ1n) is 4.41. The summed E-state index contributed by atoms with van der Waals surface area (Å²) in [5, 5.41) is 8.58. The van der Waals surface area contributed by atoms with Gasteiger partial charge in [-0.2, -0.15) is 26.3 Å². The van der Waals surface area contributed by atoms with Gasteiger partial charge < -0.3 is 14.6 Å². The van der Waals surface area contributed by atoms with Crippen molar-refractivity contribution in [2.45, 2.75) is 24.9 Å². The molecule has 0 aromatic rings. The molecule has 0 fully saturated rings. The number of aliphatic hydroxyl groups is 1. The van der Waals surface area contributed by atoms with Gasteiger partial charge in [-0.1, -0.05) is 6.92 Å². The minimum Gasteiger partial charge on any atom is -0.396 e. The molecule has 0 aromatic heterocycles. The zero-order chi connectivity index (χ0) is 13.9. The van der Waals surface area contributed by atoms with Crippen LogP contribution in [0.2, 0.25) is 0 Å². The molecule has 1 atom stereocenters. The zero-order valence-corrected chi connectivity index (χ0v) is 9.02. The second-order valence-electron chi connectivity index (χ2n) is 3.37. The predicted molar refractivity (Wildman–Crippen MR) is 44.1 cm³/mol. The van der Waals surface area contributed by atoms with E-state index in [9.17, 15) is 26.3 Å². The maximum Gasteiger partial charge on any atom is 0.426 e. The Bertz CT molecular complexity index is 222. The number of aliphatic hydroxyl groups excluding tert-OH is 1. The summed E-state index contributed by atoms with van der Waals surface area (Å²) in [7, 11) is 0.890. The van der Waals surface area contributed by atoms with E-state index in [-0.39, 0.29) is 0 Å². The number of ether oxygens (including phenoxy) is 2. The van der Waals surface area contributed by atoms with Crippen LogP contribution in [0, 0.1) is 5.92 Å². The van der Waals surface area contributed by atoms with Crippen molar-refractivity contribution >= 4 is 0 Å². The minimum absolute atomic E-state index is 0.594. The van der Waals surface area contributed by atoms with E-state index in [4.69, 9.17) is 5.11 Å². The molecule has 17 heavy (non-hydrogen) atoms. The molecule has 0 spiro atoms. The Morgan fingerprint density at radius 1 is 1.06 bits per heavy atom. The fourth-order valence-electron chi connectivity index (χ4n) is 1.31. The molecule has 0 unspecified atom stereocenters. The Kier molecular flexibility index (Phi) is 5.23. The van der Waals surface area contributed by atoms with E-state index in [0.29, 0.717) is 6.92 Å². The molecule has 0 saturated carbocycles. The number of methoxy groups -OCH3 is 1. The van der Waals surface area contributed by atoms with Crippen molar-refractivity contribution in [3.05, 3.63) is 0 Å². The van der Waals surface area contributed by atoms with Crippen LogP contribution >= 0.6 is 0 Å². The van der Waals surface area contributed by atoms with Crippen LogP contribution in [0.1, 0.15) is 6.92 Å². The molecule has 1 N–H and O–H groups in total. The first-order valence-corrected chi connectivity index (χ1v) is 4.41. The van der Waals surface area contributed by atoms with Crippen molar-refractivity contribution < 1.29 is 40.9 Å². The first kappa shape index (κ1) is 16.5. The highest BCUT2D eigenvalue weighted by molar-refractivity contribution is 4.99. The monoisotopic (exact) mass is 270 g/mol. The summed E-state index contributed by atoms with van der Waals surface area (Å²) < 4.78 is 83.6. The molecule has 0 aliphatic carbocycles. The van der Waals surface area contributed by atoms with Crippen molar-refractivity contribution in [2.75, 3.05) is 20.5 Å². The van der Waals surface area contributed by atoms with Gasteiger partial charge in [0.2, 0.25) is 0 Å². The molecule has 0 aliphatic heterocycles. The van der Waals surface area contributed by atoms with E-state index in [1.54, 1.807) is 0 Å². The van der Waals surface area contributed by atoms with E-state index in [1.165, 1.54) is 0 Å². The van der Waals surface area contributed by atoms with Crippen LogP contribution in [0.5, 0.6) is 0 Å². The summed E-state index contributed by atoms with van der Waals surface area (Å²) in [6, 6.07) is 0. The van der Waals surface area contributed by atoms with E-state index in [2.05, 4.69) is 9.47 Å². The first-order chi connectivity index (χ1) is 7.54. The Labute approximate surface area is 93.3 Å². The van der Waals surface area contributed by atoms with Gasteiger partial charge in [0.05, 0.1) is 0 Å². The standard InChI is InChI=1S/C8H12F6O3/c1-5(3-15)6(7(9,10)11,8(12,13)14)17-4-16-2/h5,15H,3-4H2,1-2H3/t5-/m1/s1. The minimum atomic E-state index is -5.72. The summed E-state index contributed by atoms with van der Waals surface area (Å²) in [5.74, 6) is -2.21. The molecular formula is C8H12F6O3. The summed E-state index contributed by atoms with van der Waals surface area (Å²) in [6.45, 7) is -1.93. The Balaban J connectivity index is 5.55. The van der Waals surface area contributed by atoms with Crippen LogP contribution in [0.25, 0.3) is 0 Å². The van der Waals surface area contributed by atoms with Gasteiger partial charge >= 0.3 is 12.4 Å². The number of halogens is 6. The van der Waals surface area contributed by atoms with Gasteiger partial charge in [-0.3, -0.25) is 0 Å². The average Bonchev–Trinajstić information content (AvgIpc) is 2.14. The highest BCUT2D eigenvalue weighted by atomic mass is 19.4. The van der Waals surface area contributed by atoms with Crippen LogP contribution in [0.4, 0.5) is 26.3 Å². The van der Waals surface area contributed by atoms with Crippen molar-refractivity contribution in [2.24, 2.45) is 5.92 Å². The smallest absolute Gasteiger partial charge is 0.396 e. The molecule has 0 aromatic carbocycles. The second kappa shape index (κ2) is 5.40. The third-order valence-electron chi connectivity index (χ3n) is 2.21. The van der Waals surface area contributed by atoms with Gasteiger partial charge in [0, 0.05) is 19.6 Å². The molecule has 0 rings (SSSR count). The Morgan fingerprint density at radius 3 is 1.71 bits per heavy atom. The summed E-state index contributed by atoms with van der Waals surface area (Å²) in [4.78, 5) is 0. The summed E-state index contributed by atoms with van der Waals surface area (Å²) in [6.07, 6.45) is -11.4. The van der Waals surface area contributed by atoms with Crippen LogP contribution in [-0.4, -0.2) is 43.6 Å². The topological polar surface area (TPSA) is 38.7 Å². The lowest BCUT2D eigenvalue weighted by molar-refractivity contribution is -0.408. The van der Waals surface area contributed by atoms with Gasteiger partial charge in [-0.25, -0.2) is 0 Å². The summed E-state index contributed by atoms with van der Waals surface area (Å²) >= 11 is 0. The number of hydrogen-bond acceptors (Lipinski definition) is 3. The average molecular weight is 270 g/mol. The van der Waals surface area contributed by atoms with Crippen molar-refractivity contribution in [1.29, 1.82) is 0 Å². The second-order valence-corrected chi connectivity index (χ2v) is 3.37. The normalized spacial score (nSPS) is 16.1. The van der Waals surface area contributed by atoms with Crippen LogP contribution in [0.15, 0.2) is 0 Å². The molecule has 0 amide bonds. The van der Waals surface area contributed by atoms with Crippen molar-refractivity contribution in [1.82, 2.24) is 0 Å². The van der Waals surface area contributed by atoms with E-state index in [0.717, 1.165) is 7.11 Å². The van der Waals surface area contributed by atoms with Gasteiger partial charge in [0.1, 0.15) is 6.79 Å². The van der Waals surface area contributed by atoms with E-state index in [1.807, 2.05) is 0 Å². The van der Waals surface area contributed by atoms with E-state index < -0.39 is 37.3 Å². The molecule has 0 heterocycles. The largest absolute Gasteiger partial charge is 0.426 e. The lowest BCUT2D eigenvalue weighted by Crippen LogP contribution is -2.63. The number of rotatable bonds is 5. The lowest BCUT2D eigenvalue weighted by atomic mass is 9.87. The van der Waals surface area contributed by atoms with Crippen LogP contribution < -0.4 is 0 Å². The van der Waals surface area contributed by atoms with Crippen LogP contribution in [0.3, 0.4) is 0 Å². The summed E-state index contributed by atoms with van der Waals surface area (Å²) in [5.41, 5.74) is -4.44. The molecular weight excluding hydrogens is 258 g/mol. The Hall–Kier alpha value is -0.540. The zero-order valence-electron chi connectivity index (χ0n) is 9.02. The highest BCUT2D eigenvalue weighted by Gasteiger charge is 2.74. The SMILES string of the molecule is COCOC([C@H](C)CO)(C(F)(F)F)C(F)(F)F. The molecule has 0 saturated heterocycles. The lowest BCUT2D eigenvalue weighted by Gasteiger charge is -2.40. The fourth-order valence-corrected chi connectivity index (χ4v) is 1.31. The molecule has 104 valence electrons. The third kappa shape index (κ3) is 3.02. The molecule has 3 nitrogen and oxygen atoms in total. The maximum atomic E-state index is 12.6. The molecule has 0 aliphatic rings. The predicted octanol–water partition coefficient (Wildman–Crippen LogP) is 2.10. The van der Waals surface area contributed by atoms with Crippen molar-refractivity contribution in [3.63, 3.8) is 0 Å². The Morgan fingerprint density at radius 2 is 1.47 bits per heavy atom. The highest BCUT2D eigenvalue weighted by Crippen LogP contribution is 2.50. The van der Waals surface area contributed by atoms with Gasteiger partial charge in [-0.05, 0) is 0 Å². The molecule has 0 radical (unpaired) electrons. The van der Waals surface area contributed by atoms with Gasteiger partial charge in [0.25, 0.3) is 5.60 Å². The van der Waals surface area contributed by atoms with Crippen LogP contribution in [-0.2, 0) is 9.47 Å². The third-order valence-corrected chi connectivity index (χ3v) is 2.21. The number of alkyl halides is 6. The quantitative estimate of drug-likeness (QED) is 0.614. The van der Waals surface area contributed by atoms with Crippen molar-refractivity contribution in [3.8, 4) is 0 Å². The van der Waals surface area contributed by atoms with Gasteiger partial charge in [0.15, 0.2) is 0 Å².